The van der Waals surface area contributed by atoms with Crippen LogP contribution in [0.15, 0.2) is 23.4 Å². The summed E-state index contributed by atoms with van der Waals surface area (Å²) in [5.74, 6) is 0.572. The van der Waals surface area contributed by atoms with Crippen molar-refractivity contribution in [2.45, 2.75) is 50.4 Å². The van der Waals surface area contributed by atoms with E-state index in [1.165, 1.54) is 0 Å². The molecule has 102 valence electrons. The molecule has 1 N–H and O–H groups in total. The fourth-order valence-electron chi connectivity index (χ4n) is 1.42. The van der Waals surface area contributed by atoms with Crippen LogP contribution in [0.5, 0.6) is 0 Å². The Morgan fingerprint density at radius 2 is 2.06 bits per heavy atom. The Bertz CT molecular complexity index is 374. The zero-order valence-corrected chi connectivity index (χ0v) is 13.4. The molecular weight excluding hydrogens is 264 g/mol. The van der Waals surface area contributed by atoms with Gasteiger partial charge in [0.25, 0.3) is 0 Å². The summed E-state index contributed by atoms with van der Waals surface area (Å²) >= 11 is 7.92. The highest BCUT2D eigenvalue weighted by Crippen LogP contribution is 2.31. The summed E-state index contributed by atoms with van der Waals surface area (Å²) in [6, 6.07) is 3.76. The quantitative estimate of drug-likeness (QED) is 0.820. The molecule has 0 aliphatic carbocycles. The van der Waals surface area contributed by atoms with E-state index in [0.29, 0.717) is 11.2 Å². The monoisotopic (exact) mass is 286 g/mol. The van der Waals surface area contributed by atoms with Gasteiger partial charge in [-0.3, -0.25) is 0 Å². The van der Waals surface area contributed by atoms with Crippen LogP contribution in [0.4, 0.5) is 0 Å². The van der Waals surface area contributed by atoms with E-state index < -0.39 is 0 Å². The van der Waals surface area contributed by atoms with Crippen molar-refractivity contribution in [2.24, 2.45) is 5.92 Å². The van der Waals surface area contributed by atoms with Crippen LogP contribution >= 0.6 is 23.4 Å². The molecule has 1 atom stereocenters. The second-order valence-corrected chi connectivity index (χ2v) is 7.46. The molecule has 0 bridgehead atoms. The molecule has 0 saturated heterocycles. The van der Waals surface area contributed by atoms with Crippen LogP contribution < -0.4 is 5.32 Å². The maximum atomic E-state index is 6.16. The Morgan fingerprint density at radius 3 is 2.56 bits per heavy atom. The molecule has 0 aliphatic heterocycles. The molecule has 0 saturated carbocycles. The third-order valence-electron chi connectivity index (χ3n) is 2.56. The SMILES string of the molecule is CC(C)C(CNC(C)(C)C)Sc1ncccc1Cl. The van der Waals surface area contributed by atoms with Crippen molar-refractivity contribution in [3.8, 4) is 0 Å². The molecule has 0 spiro atoms. The zero-order chi connectivity index (χ0) is 13.8. The van der Waals surface area contributed by atoms with Crippen molar-refractivity contribution < 1.29 is 0 Å². The third-order valence-corrected chi connectivity index (χ3v) is 4.54. The summed E-state index contributed by atoms with van der Waals surface area (Å²) in [6.45, 7) is 12.0. The predicted molar refractivity (Wildman–Crippen MR) is 81.5 cm³/mol. The fraction of sp³-hybridized carbons (Fsp3) is 0.643. The lowest BCUT2D eigenvalue weighted by atomic mass is 10.1. The largest absolute Gasteiger partial charge is 0.311 e. The van der Waals surface area contributed by atoms with E-state index >= 15 is 0 Å². The topological polar surface area (TPSA) is 24.9 Å². The van der Waals surface area contributed by atoms with Gasteiger partial charge in [-0.2, -0.15) is 0 Å². The lowest BCUT2D eigenvalue weighted by Gasteiger charge is -2.27. The first-order chi connectivity index (χ1) is 8.29. The number of aromatic nitrogens is 1. The van der Waals surface area contributed by atoms with Crippen molar-refractivity contribution in [1.29, 1.82) is 0 Å². The van der Waals surface area contributed by atoms with Crippen molar-refractivity contribution in [2.75, 3.05) is 6.54 Å². The van der Waals surface area contributed by atoms with Crippen molar-refractivity contribution in [3.05, 3.63) is 23.4 Å². The molecule has 1 rings (SSSR count). The lowest BCUT2D eigenvalue weighted by molar-refractivity contribution is 0.408. The Labute approximate surface area is 120 Å². The van der Waals surface area contributed by atoms with Gasteiger partial charge in [-0.1, -0.05) is 37.2 Å². The summed E-state index contributed by atoms with van der Waals surface area (Å²) in [6.07, 6.45) is 1.79. The summed E-state index contributed by atoms with van der Waals surface area (Å²) in [4.78, 5) is 4.35. The average Bonchev–Trinajstić information content (AvgIpc) is 2.24. The van der Waals surface area contributed by atoms with E-state index in [2.05, 4.69) is 44.9 Å². The minimum absolute atomic E-state index is 0.140. The van der Waals surface area contributed by atoms with E-state index in [0.717, 1.165) is 16.6 Å². The van der Waals surface area contributed by atoms with E-state index in [9.17, 15) is 0 Å². The van der Waals surface area contributed by atoms with Gasteiger partial charge < -0.3 is 5.32 Å². The van der Waals surface area contributed by atoms with Gasteiger partial charge in [0.15, 0.2) is 0 Å². The maximum absolute atomic E-state index is 6.16. The molecule has 0 radical (unpaired) electrons. The zero-order valence-electron chi connectivity index (χ0n) is 11.8. The number of pyridine rings is 1. The normalized spacial score (nSPS) is 13.9. The summed E-state index contributed by atoms with van der Waals surface area (Å²) in [5.41, 5.74) is 0.140. The van der Waals surface area contributed by atoms with Gasteiger partial charge in [-0.05, 0) is 38.8 Å². The van der Waals surface area contributed by atoms with Gasteiger partial charge in [0, 0.05) is 23.5 Å². The number of nitrogens with zero attached hydrogens (tertiary/aromatic N) is 1. The van der Waals surface area contributed by atoms with Crippen LogP contribution in [-0.4, -0.2) is 22.3 Å². The van der Waals surface area contributed by atoms with Gasteiger partial charge >= 0.3 is 0 Å². The predicted octanol–water partition coefficient (Wildman–Crippen LogP) is 4.24. The van der Waals surface area contributed by atoms with E-state index in [4.69, 9.17) is 11.6 Å². The Kier molecular flexibility index (Phi) is 5.96. The standard InChI is InChI=1S/C14H23ClN2S/c1-10(2)12(9-17-14(3,4)5)18-13-11(15)7-6-8-16-13/h6-8,10,12,17H,9H2,1-5H3. The van der Waals surface area contributed by atoms with Crippen molar-refractivity contribution in [1.82, 2.24) is 10.3 Å². The van der Waals surface area contributed by atoms with Gasteiger partial charge in [0.2, 0.25) is 0 Å². The molecule has 18 heavy (non-hydrogen) atoms. The summed E-state index contributed by atoms with van der Waals surface area (Å²) in [5, 5.41) is 5.68. The van der Waals surface area contributed by atoms with Crippen LogP contribution in [0.3, 0.4) is 0 Å². The molecule has 1 unspecified atom stereocenters. The van der Waals surface area contributed by atoms with Crippen molar-refractivity contribution >= 4 is 23.4 Å². The van der Waals surface area contributed by atoms with Gasteiger partial charge in [0.1, 0.15) is 5.03 Å². The molecule has 1 aromatic rings. The Morgan fingerprint density at radius 1 is 1.39 bits per heavy atom. The molecular formula is C14H23ClN2S. The maximum Gasteiger partial charge on any atom is 0.115 e. The number of hydrogen-bond acceptors (Lipinski definition) is 3. The second kappa shape index (κ2) is 6.78. The van der Waals surface area contributed by atoms with Crippen LogP contribution in [0.1, 0.15) is 34.6 Å². The molecule has 0 aliphatic rings. The minimum Gasteiger partial charge on any atom is -0.311 e. The highest BCUT2D eigenvalue weighted by Gasteiger charge is 2.19. The number of nitrogens with one attached hydrogen (secondary N) is 1. The van der Waals surface area contributed by atoms with Crippen LogP contribution in [0, 0.1) is 5.92 Å². The molecule has 0 fully saturated rings. The Balaban J connectivity index is 2.67. The lowest BCUT2D eigenvalue weighted by Crippen LogP contribution is -2.41. The smallest absolute Gasteiger partial charge is 0.115 e. The minimum atomic E-state index is 0.140. The number of rotatable bonds is 5. The van der Waals surface area contributed by atoms with Crippen LogP contribution in [-0.2, 0) is 0 Å². The van der Waals surface area contributed by atoms with Gasteiger partial charge in [0.05, 0.1) is 5.02 Å². The van der Waals surface area contributed by atoms with E-state index in [-0.39, 0.29) is 5.54 Å². The van der Waals surface area contributed by atoms with Crippen LogP contribution in [0.25, 0.3) is 0 Å². The highest BCUT2D eigenvalue weighted by atomic mass is 35.5. The van der Waals surface area contributed by atoms with Crippen molar-refractivity contribution in [3.63, 3.8) is 0 Å². The molecule has 1 heterocycles. The number of halogens is 1. The first-order valence-corrected chi connectivity index (χ1v) is 7.57. The Hall–Kier alpha value is -0.250. The second-order valence-electron chi connectivity index (χ2n) is 5.82. The molecule has 0 amide bonds. The average molecular weight is 287 g/mol. The summed E-state index contributed by atoms with van der Waals surface area (Å²) < 4.78 is 0. The number of thioether (sulfide) groups is 1. The van der Waals surface area contributed by atoms with Crippen LogP contribution in [0.2, 0.25) is 5.02 Å². The van der Waals surface area contributed by atoms with Gasteiger partial charge in [-0.15, -0.1) is 0 Å². The first-order valence-electron chi connectivity index (χ1n) is 6.32. The molecule has 4 heteroatoms. The molecule has 1 aromatic heterocycles. The van der Waals surface area contributed by atoms with E-state index in [1.54, 1.807) is 18.0 Å². The fourth-order valence-corrected chi connectivity index (χ4v) is 2.70. The molecule has 0 aromatic carbocycles. The highest BCUT2D eigenvalue weighted by molar-refractivity contribution is 8.00. The number of hydrogen-bond donors (Lipinski definition) is 1. The summed E-state index contributed by atoms with van der Waals surface area (Å²) in [7, 11) is 0. The molecule has 2 nitrogen and oxygen atoms in total. The first kappa shape index (κ1) is 15.8. The van der Waals surface area contributed by atoms with Gasteiger partial charge in [-0.25, -0.2) is 4.98 Å². The third kappa shape index (κ3) is 5.59. The van der Waals surface area contributed by atoms with E-state index in [1.807, 2.05) is 12.1 Å².